The zero-order valence-corrected chi connectivity index (χ0v) is 10.9. The van der Waals surface area contributed by atoms with Gasteiger partial charge in [-0.05, 0) is 24.3 Å². The van der Waals surface area contributed by atoms with E-state index in [0.29, 0.717) is 22.9 Å². The summed E-state index contributed by atoms with van der Waals surface area (Å²) in [5, 5.41) is 22.4. The topological polar surface area (TPSA) is 133 Å². The molecule has 1 aromatic rings. The molecule has 0 amide bonds. The van der Waals surface area contributed by atoms with Crippen LogP contribution < -0.4 is 16.2 Å². The number of aliphatic imine (C=N–C) groups is 1. The van der Waals surface area contributed by atoms with Crippen LogP contribution in [0, 0.1) is 5.41 Å². The van der Waals surface area contributed by atoms with Crippen molar-refractivity contribution in [2.45, 2.75) is 6.35 Å². The van der Waals surface area contributed by atoms with Crippen molar-refractivity contribution < 1.29 is 9.84 Å². The average Bonchev–Trinajstić information content (AvgIpc) is 2.68. The Hall–Kier alpha value is -2.29. The van der Waals surface area contributed by atoms with Gasteiger partial charge in [0.05, 0.1) is 12.3 Å². The second-order valence-electron chi connectivity index (χ2n) is 4.11. The fourth-order valence-electron chi connectivity index (χ4n) is 1.68. The number of rotatable bonds is 4. The molecule has 6 N–H and O–H groups in total. The van der Waals surface area contributed by atoms with Crippen molar-refractivity contribution >= 4 is 22.9 Å². The van der Waals surface area contributed by atoms with Crippen molar-refractivity contribution in [3.05, 3.63) is 24.3 Å². The number of amidine groups is 1. The van der Waals surface area contributed by atoms with Gasteiger partial charge in [-0.15, -0.1) is 0 Å². The molecule has 0 atom stereocenters. The van der Waals surface area contributed by atoms with Crippen molar-refractivity contribution in [2.24, 2.45) is 21.6 Å². The van der Waals surface area contributed by atoms with Gasteiger partial charge in [-0.25, -0.2) is 10.0 Å². The van der Waals surface area contributed by atoms with Gasteiger partial charge in [0.25, 0.3) is 0 Å². The number of ether oxygens (including phenoxy) is 1. The molecule has 8 nitrogen and oxygen atoms in total. The van der Waals surface area contributed by atoms with Crippen molar-refractivity contribution in [1.29, 1.82) is 5.41 Å². The van der Waals surface area contributed by atoms with Crippen LogP contribution in [-0.4, -0.2) is 47.4 Å². The van der Waals surface area contributed by atoms with Crippen molar-refractivity contribution in [1.82, 2.24) is 5.01 Å². The molecule has 1 aliphatic rings. The first-order chi connectivity index (χ1) is 9.51. The zero-order chi connectivity index (χ0) is 14.7. The molecular formula is C12H16N6O2. The number of hydrogen-bond acceptors (Lipinski definition) is 7. The Bertz CT molecular complexity index is 564. The Balaban J connectivity index is 2.22. The number of nitrogens with one attached hydrogen (secondary N) is 1. The number of aliphatic hydroxyl groups excluding tert-OH is 1. The largest absolute Gasteiger partial charge is 0.463 e. The Morgan fingerprint density at radius 2 is 2.05 bits per heavy atom. The Morgan fingerprint density at radius 1 is 1.40 bits per heavy atom. The highest BCUT2D eigenvalue weighted by molar-refractivity contribution is 6.69. The second kappa shape index (κ2) is 5.78. The van der Waals surface area contributed by atoms with Crippen LogP contribution in [0.25, 0.3) is 0 Å². The lowest BCUT2D eigenvalue weighted by atomic mass is 10.2. The third kappa shape index (κ3) is 2.99. The molecule has 1 aliphatic heterocycles. The minimum Gasteiger partial charge on any atom is -0.463 e. The molecule has 2 rings (SSSR count). The Labute approximate surface area is 115 Å². The minimum absolute atomic E-state index is 0.137. The summed E-state index contributed by atoms with van der Waals surface area (Å²) in [6, 6.07) is 6.74. The number of benzene rings is 1. The predicted molar refractivity (Wildman–Crippen MR) is 76.3 cm³/mol. The summed E-state index contributed by atoms with van der Waals surface area (Å²) in [5.74, 6) is 0.664. The van der Waals surface area contributed by atoms with E-state index < -0.39 is 6.35 Å². The van der Waals surface area contributed by atoms with Crippen LogP contribution in [0.3, 0.4) is 0 Å². The molecule has 106 valence electrons. The first-order valence-electron chi connectivity index (χ1n) is 5.89. The van der Waals surface area contributed by atoms with E-state index in [0.717, 1.165) is 0 Å². The number of hydrazone groups is 1. The second-order valence-corrected chi connectivity index (χ2v) is 4.11. The van der Waals surface area contributed by atoms with Crippen LogP contribution in [0.2, 0.25) is 0 Å². The molecule has 0 aliphatic carbocycles. The molecule has 0 radical (unpaired) electrons. The molecule has 0 saturated carbocycles. The first kappa shape index (κ1) is 14.1. The summed E-state index contributed by atoms with van der Waals surface area (Å²) in [5.41, 5.74) is 11.9. The van der Waals surface area contributed by atoms with Crippen molar-refractivity contribution in [3.8, 4) is 5.75 Å². The van der Waals surface area contributed by atoms with Gasteiger partial charge in [0.1, 0.15) is 17.2 Å². The molecule has 20 heavy (non-hydrogen) atoms. The normalized spacial score (nSPS) is 17.1. The zero-order valence-electron chi connectivity index (χ0n) is 10.9. The van der Waals surface area contributed by atoms with E-state index in [4.69, 9.17) is 21.6 Å². The molecule has 0 bridgehead atoms. The molecule has 0 fully saturated rings. The Kier molecular flexibility index (Phi) is 4.08. The van der Waals surface area contributed by atoms with E-state index in [2.05, 4.69) is 10.1 Å². The summed E-state index contributed by atoms with van der Waals surface area (Å²) in [6.07, 6.45) is -0.878. The van der Waals surface area contributed by atoms with Crippen LogP contribution in [0.4, 0.5) is 5.69 Å². The molecular weight excluding hydrogens is 260 g/mol. The van der Waals surface area contributed by atoms with Crippen LogP contribution in [0.15, 0.2) is 34.4 Å². The van der Waals surface area contributed by atoms with E-state index in [1.165, 1.54) is 5.01 Å². The first-order valence-corrected chi connectivity index (χ1v) is 5.89. The smallest absolute Gasteiger partial charge is 0.201 e. The number of nitrogens with two attached hydrogens (primary N) is 2. The van der Waals surface area contributed by atoms with E-state index in [9.17, 15) is 5.11 Å². The summed E-state index contributed by atoms with van der Waals surface area (Å²) in [6.45, 7) is -0.269. The molecule has 0 aromatic heterocycles. The van der Waals surface area contributed by atoms with Crippen LogP contribution in [0.1, 0.15) is 0 Å². The van der Waals surface area contributed by atoms with Gasteiger partial charge < -0.3 is 9.84 Å². The van der Waals surface area contributed by atoms with Gasteiger partial charge in [-0.2, -0.15) is 5.10 Å². The van der Waals surface area contributed by atoms with Gasteiger partial charge in [0.15, 0.2) is 5.84 Å². The molecule has 0 spiro atoms. The van der Waals surface area contributed by atoms with Crippen LogP contribution in [0.5, 0.6) is 5.75 Å². The average molecular weight is 276 g/mol. The quantitative estimate of drug-likeness (QED) is 0.556. The van der Waals surface area contributed by atoms with E-state index in [-0.39, 0.29) is 12.4 Å². The third-order valence-electron chi connectivity index (χ3n) is 2.59. The molecule has 1 heterocycles. The summed E-state index contributed by atoms with van der Waals surface area (Å²) in [4.78, 5) is 4.30. The fourth-order valence-corrected chi connectivity index (χ4v) is 1.68. The maximum Gasteiger partial charge on any atom is 0.201 e. The monoisotopic (exact) mass is 276 g/mol. The predicted octanol–water partition coefficient (Wildman–Crippen LogP) is -0.390. The highest BCUT2D eigenvalue weighted by atomic mass is 16.5. The third-order valence-corrected chi connectivity index (χ3v) is 2.59. The van der Waals surface area contributed by atoms with Crippen molar-refractivity contribution in [3.63, 3.8) is 0 Å². The van der Waals surface area contributed by atoms with Gasteiger partial charge in [0.2, 0.25) is 6.35 Å². The highest BCUT2D eigenvalue weighted by Gasteiger charge is 2.25. The van der Waals surface area contributed by atoms with Crippen LogP contribution >= 0.6 is 0 Å². The van der Waals surface area contributed by atoms with Crippen molar-refractivity contribution in [2.75, 3.05) is 13.7 Å². The lowest BCUT2D eigenvalue weighted by Gasteiger charge is -2.09. The minimum atomic E-state index is -0.878. The lowest BCUT2D eigenvalue weighted by molar-refractivity contribution is 0.217. The maximum atomic E-state index is 9.21. The van der Waals surface area contributed by atoms with E-state index in [1.807, 2.05) is 0 Å². The van der Waals surface area contributed by atoms with Crippen LogP contribution in [-0.2, 0) is 0 Å². The summed E-state index contributed by atoms with van der Waals surface area (Å²) >= 11 is 0. The molecule has 0 unspecified atom stereocenters. The number of aliphatic hydroxyl groups is 1. The van der Waals surface area contributed by atoms with Gasteiger partial charge in [-0.1, -0.05) is 0 Å². The molecule has 0 saturated heterocycles. The fraction of sp³-hybridized carbons (Fsp3) is 0.250. The Morgan fingerprint density at radius 3 is 2.60 bits per heavy atom. The standard InChI is InChI=1S/C12H16N6O2/c1-18-11(13)10(9(6-19)17-18)16-7-2-4-8(5-3-7)20-12(14)15/h2-5,12-13,19H,6,14-15H2,1H3. The van der Waals surface area contributed by atoms with Gasteiger partial charge in [0, 0.05) is 7.05 Å². The van der Waals surface area contributed by atoms with Gasteiger partial charge >= 0.3 is 0 Å². The lowest BCUT2D eigenvalue weighted by Crippen LogP contribution is -2.36. The summed E-state index contributed by atoms with van der Waals surface area (Å²) in [7, 11) is 1.63. The SMILES string of the molecule is CN1N=C(CO)C(=Nc2ccc(OC(N)N)cc2)C1=N. The van der Waals surface area contributed by atoms with Gasteiger partial charge in [-0.3, -0.25) is 16.9 Å². The number of nitrogens with zero attached hydrogens (tertiary/aromatic N) is 3. The molecule has 8 heteroatoms. The highest BCUT2D eigenvalue weighted by Crippen LogP contribution is 2.19. The summed E-state index contributed by atoms with van der Waals surface area (Å²) < 4.78 is 5.11. The maximum absolute atomic E-state index is 9.21. The van der Waals surface area contributed by atoms with E-state index >= 15 is 0 Å². The number of hydrogen-bond donors (Lipinski definition) is 4. The molecule has 1 aromatic carbocycles. The van der Waals surface area contributed by atoms with E-state index in [1.54, 1.807) is 31.3 Å².